The fourth-order valence-electron chi connectivity index (χ4n) is 3.28. The fourth-order valence-corrected chi connectivity index (χ4v) is 3.28. The second-order valence-corrected chi connectivity index (χ2v) is 6.83. The van der Waals surface area contributed by atoms with Gasteiger partial charge < -0.3 is 20.3 Å². The predicted octanol–water partition coefficient (Wildman–Crippen LogP) is 5.42. The van der Waals surface area contributed by atoms with Crippen molar-refractivity contribution in [1.29, 1.82) is 0 Å². The molecule has 0 spiro atoms. The minimum absolute atomic E-state index is 0.0280. The lowest BCUT2D eigenvalue weighted by atomic mass is 9.76. The Hall–Kier alpha value is -3.24. The van der Waals surface area contributed by atoms with E-state index in [2.05, 4.69) is 9.47 Å². The maximum atomic E-state index is 12.7. The molecular weight excluding hydrogens is 440 g/mol. The monoisotopic (exact) mass is 457 g/mol. The van der Waals surface area contributed by atoms with Crippen molar-refractivity contribution in [2.75, 3.05) is 0 Å². The molecule has 0 unspecified atom stereocenters. The highest BCUT2D eigenvalue weighted by atomic mass is 19.4. The molecule has 3 aromatic carbocycles. The molecule has 0 aliphatic rings. The topological polar surface area (TPSA) is 64.7 Å². The van der Waals surface area contributed by atoms with Gasteiger partial charge in [0, 0.05) is 0 Å². The Bertz CT molecular complexity index is 994. The Kier molecular flexibility index (Phi) is 6.38. The van der Waals surface area contributed by atoms with Crippen molar-refractivity contribution < 1.29 is 40.9 Å². The van der Waals surface area contributed by atoms with Crippen molar-refractivity contribution in [1.82, 2.24) is 0 Å². The molecule has 0 aliphatic carbocycles. The van der Waals surface area contributed by atoms with Crippen LogP contribution in [0.25, 0.3) is 0 Å². The summed E-state index contributed by atoms with van der Waals surface area (Å²) in [7, 11) is 0. The molecule has 4 nitrogen and oxygen atoms in total. The second kappa shape index (κ2) is 8.71. The lowest BCUT2D eigenvalue weighted by Gasteiger charge is -2.36. The Balaban J connectivity index is 2.16. The minimum atomic E-state index is -4.98. The molecule has 3 N–H and O–H groups in total. The molecule has 1 atom stereocenters. The number of alkyl halides is 6. The summed E-state index contributed by atoms with van der Waals surface area (Å²) in [4.78, 5) is 0. The molecule has 0 fully saturated rings. The van der Waals surface area contributed by atoms with E-state index in [0.29, 0.717) is 5.56 Å². The van der Waals surface area contributed by atoms with Gasteiger partial charge in [-0.05, 0) is 41.0 Å². The molecule has 0 bridgehead atoms. The number of aliphatic hydroxyl groups is 1. The lowest BCUT2D eigenvalue weighted by Crippen LogP contribution is -2.44. The van der Waals surface area contributed by atoms with Gasteiger partial charge in [0.05, 0.1) is 5.54 Å². The molecule has 32 heavy (non-hydrogen) atoms. The smallest absolute Gasteiger partial charge is 0.406 e. The van der Waals surface area contributed by atoms with E-state index in [1.54, 1.807) is 18.2 Å². The zero-order chi connectivity index (χ0) is 23.6. The van der Waals surface area contributed by atoms with Gasteiger partial charge in [0.2, 0.25) is 0 Å². The van der Waals surface area contributed by atoms with Crippen LogP contribution in [-0.2, 0) is 5.54 Å². The summed E-state index contributed by atoms with van der Waals surface area (Å²) in [6.07, 6.45) is -11.5. The highest BCUT2D eigenvalue weighted by molar-refractivity contribution is 5.47. The average Bonchev–Trinajstić information content (AvgIpc) is 2.71. The highest BCUT2D eigenvalue weighted by Crippen LogP contribution is 2.41. The molecule has 0 heterocycles. The summed E-state index contributed by atoms with van der Waals surface area (Å²) in [6, 6.07) is 17.1. The minimum Gasteiger partial charge on any atom is -0.406 e. The standard InChI is InChI=1S/C22H17F6NO3/c23-21(24,25)31-17-10-4-8-15(12-17)20(29,19(30)14-6-2-1-3-7-14)16-9-5-11-18(13-16)32-22(26,27)28/h1-13,19,30H,29H2/t19-/m0/s1. The number of halogens is 6. The molecule has 10 heteroatoms. The van der Waals surface area contributed by atoms with Gasteiger partial charge in [-0.1, -0.05) is 54.6 Å². The van der Waals surface area contributed by atoms with Crippen LogP contribution < -0.4 is 15.2 Å². The van der Waals surface area contributed by atoms with Crippen LogP contribution in [0.2, 0.25) is 0 Å². The van der Waals surface area contributed by atoms with Crippen molar-refractivity contribution in [2.24, 2.45) is 5.73 Å². The van der Waals surface area contributed by atoms with Crippen LogP contribution in [0.15, 0.2) is 78.9 Å². The van der Waals surface area contributed by atoms with Crippen LogP contribution in [0.5, 0.6) is 11.5 Å². The number of nitrogens with two attached hydrogens (primary N) is 1. The summed E-state index contributed by atoms with van der Waals surface area (Å²) in [5.74, 6) is -1.21. The predicted molar refractivity (Wildman–Crippen MR) is 103 cm³/mol. The number of rotatable bonds is 6. The Morgan fingerprint density at radius 3 is 1.50 bits per heavy atom. The molecule has 0 aromatic heterocycles. The molecular formula is C22H17F6NO3. The van der Waals surface area contributed by atoms with E-state index in [1.807, 2.05) is 0 Å². The average molecular weight is 457 g/mol. The molecule has 170 valence electrons. The van der Waals surface area contributed by atoms with Crippen molar-refractivity contribution in [3.05, 3.63) is 95.6 Å². The van der Waals surface area contributed by atoms with Crippen molar-refractivity contribution in [2.45, 2.75) is 24.4 Å². The van der Waals surface area contributed by atoms with Crippen LogP contribution in [0, 0.1) is 0 Å². The lowest BCUT2D eigenvalue weighted by molar-refractivity contribution is -0.275. The molecule has 3 aromatic rings. The van der Waals surface area contributed by atoms with Crippen LogP contribution in [-0.4, -0.2) is 17.8 Å². The fraction of sp³-hybridized carbons (Fsp3) is 0.182. The molecule has 3 rings (SSSR count). The third-order valence-corrected chi connectivity index (χ3v) is 4.64. The first-order valence-corrected chi connectivity index (χ1v) is 9.13. The molecule has 0 amide bonds. The summed E-state index contributed by atoms with van der Waals surface area (Å²) in [5, 5.41) is 11.1. The Morgan fingerprint density at radius 2 is 1.09 bits per heavy atom. The zero-order valence-corrected chi connectivity index (χ0v) is 16.2. The largest absolute Gasteiger partial charge is 0.573 e. The number of aliphatic hydroxyl groups excluding tert-OH is 1. The first kappa shape index (κ1) is 23.4. The van der Waals surface area contributed by atoms with Gasteiger partial charge in [-0.25, -0.2) is 0 Å². The third kappa shape index (κ3) is 5.51. The van der Waals surface area contributed by atoms with Gasteiger partial charge in [0.15, 0.2) is 0 Å². The van der Waals surface area contributed by atoms with Gasteiger partial charge in [0.25, 0.3) is 0 Å². The van der Waals surface area contributed by atoms with Crippen LogP contribution >= 0.6 is 0 Å². The van der Waals surface area contributed by atoms with Gasteiger partial charge in [0.1, 0.15) is 17.6 Å². The number of ether oxygens (including phenoxy) is 2. The van der Waals surface area contributed by atoms with Gasteiger partial charge in [-0.2, -0.15) is 0 Å². The van der Waals surface area contributed by atoms with Gasteiger partial charge >= 0.3 is 12.7 Å². The molecule has 0 aliphatic heterocycles. The Morgan fingerprint density at radius 1 is 0.656 bits per heavy atom. The number of hydrogen-bond acceptors (Lipinski definition) is 4. The van der Waals surface area contributed by atoms with E-state index in [0.717, 1.165) is 24.3 Å². The summed E-state index contributed by atoms with van der Waals surface area (Å²) >= 11 is 0. The molecule has 0 saturated heterocycles. The second-order valence-electron chi connectivity index (χ2n) is 6.83. The maximum absolute atomic E-state index is 12.7. The van der Waals surface area contributed by atoms with E-state index < -0.39 is 35.9 Å². The Labute approximate surface area is 178 Å². The van der Waals surface area contributed by atoms with Crippen LogP contribution in [0.4, 0.5) is 26.3 Å². The first-order chi connectivity index (χ1) is 14.9. The van der Waals surface area contributed by atoms with E-state index in [-0.39, 0.29) is 11.1 Å². The van der Waals surface area contributed by atoms with E-state index >= 15 is 0 Å². The van der Waals surface area contributed by atoms with Crippen LogP contribution in [0.1, 0.15) is 22.8 Å². The summed E-state index contributed by atoms with van der Waals surface area (Å²) in [5.41, 5.74) is 4.83. The highest BCUT2D eigenvalue weighted by Gasteiger charge is 2.40. The number of hydrogen-bond donors (Lipinski definition) is 2. The SMILES string of the molecule is NC(c1cccc(OC(F)(F)F)c1)(c1cccc(OC(F)(F)F)c1)[C@@H](O)c1ccccc1. The van der Waals surface area contributed by atoms with Gasteiger partial charge in [-0.15, -0.1) is 26.3 Å². The molecule has 0 saturated carbocycles. The normalized spacial score (nSPS) is 13.5. The van der Waals surface area contributed by atoms with Gasteiger partial charge in [-0.3, -0.25) is 0 Å². The number of benzene rings is 3. The summed E-state index contributed by atoms with van der Waals surface area (Å²) < 4.78 is 84.1. The van der Waals surface area contributed by atoms with E-state index in [1.165, 1.54) is 36.4 Å². The molecule has 0 radical (unpaired) electrons. The quantitative estimate of drug-likeness (QED) is 0.486. The first-order valence-electron chi connectivity index (χ1n) is 9.13. The third-order valence-electron chi connectivity index (χ3n) is 4.64. The summed E-state index contributed by atoms with van der Waals surface area (Å²) in [6.45, 7) is 0. The van der Waals surface area contributed by atoms with E-state index in [4.69, 9.17) is 5.73 Å². The van der Waals surface area contributed by atoms with Crippen LogP contribution in [0.3, 0.4) is 0 Å². The van der Waals surface area contributed by atoms with Crippen molar-refractivity contribution in [3.63, 3.8) is 0 Å². The van der Waals surface area contributed by atoms with Crippen molar-refractivity contribution in [3.8, 4) is 11.5 Å². The van der Waals surface area contributed by atoms with Crippen molar-refractivity contribution >= 4 is 0 Å². The zero-order valence-electron chi connectivity index (χ0n) is 16.2. The maximum Gasteiger partial charge on any atom is 0.573 e. The van der Waals surface area contributed by atoms with E-state index in [9.17, 15) is 31.4 Å².